The van der Waals surface area contributed by atoms with Gasteiger partial charge in [0, 0.05) is 11.6 Å². The Morgan fingerprint density at radius 1 is 1.17 bits per heavy atom. The lowest BCUT2D eigenvalue weighted by Crippen LogP contribution is -2.40. The van der Waals surface area contributed by atoms with Crippen LogP contribution in [0.25, 0.3) is 0 Å². The smallest absolute Gasteiger partial charge is 0.0164 e. The first-order valence-electron chi connectivity index (χ1n) is 5.21. The fourth-order valence-electron chi connectivity index (χ4n) is 3.81. The van der Waals surface area contributed by atoms with Crippen molar-refractivity contribution in [2.75, 3.05) is 0 Å². The van der Waals surface area contributed by atoms with Crippen molar-refractivity contribution in [3.05, 3.63) is 0 Å². The molecule has 12 heavy (non-hydrogen) atoms. The molecule has 2 rings (SSSR count). The Morgan fingerprint density at radius 3 is 2.42 bits per heavy atom. The summed E-state index contributed by atoms with van der Waals surface area (Å²) in [6.45, 7) is 9.59. The number of fused-ring (bicyclic) bond motifs is 2. The lowest BCUT2D eigenvalue weighted by molar-refractivity contribution is 0.160. The number of nitrogens with one attached hydrogen (secondary N) is 1. The van der Waals surface area contributed by atoms with Crippen molar-refractivity contribution in [3.63, 3.8) is 0 Å². The Morgan fingerprint density at radius 2 is 1.83 bits per heavy atom. The van der Waals surface area contributed by atoms with Gasteiger partial charge >= 0.3 is 0 Å². The highest BCUT2D eigenvalue weighted by atomic mass is 15.1. The predicted octanol–water partition coefficient (Wildman–Crippen LogP) is 2.56. The van der Waals surface area contributed by atoms with Crippen LogP contribution < -0.4 is 5.32 Å². The van der Waals surface area contributed by atoms with E-state index in [0.29, 0.717) is 17.0 Å². The molecule has 1 heteroatoms. The molecule has 1 aliphatic carbocycles. The van der Waals surface area contributed by atoms with Crippen molar-refractivity contribution in [1.29, 1.82) is 0 Å². The zero-order valence-electron chi connectivity index (χ0n) is 8.78. The van der Waals surface area contributed by atoms with E-state index in [1.165, 1.54) is 19.3 Å². The van der Waals surface area contributed by atoms with Crippen molar-refractivity contribution in [3.8, 4) is 0 Å². The van der Waals surface area contributed by atoms with Gasteiger partial charge in [-0.15, -0.1) is 0 Å². The van der Waals surface area contributed by atoms with Crippen LogP contribution in [0.4, 0.5) is 0 Å². The summed E-state index contributed by atoms with van der Waals surface area (Å²) in [6.07, 6.45) is 4.16. The Labute approximate surface area is 75.9 Å². The maximum atomic E-state index is 3.76. The van der Waals surface area contributed by atoms with E-state index in [-0.39, 0.29) is 0 Å². The number of hydrogen-bond donors (Lipinski definition) is 1. The lowest BCUT2D eigenvalue weighted by atomic mass is 9.66. The first-order valence-corrected chi connectivity index (χ1v) is 5.21. The van der Waals surface area contributed by atoms with Gasteiger partial charge < -0.3 is 5.32 Å². The maximum Gasteiger partial charge on any atom is 0.0164 e. The van der Waals surface area contributed by atoms with Gasteiger partial charge in [-0.25, -0.2) is 0 Å². The molecule has 1 N–H and O–H groups in total. The monoisotopic (exact) mass is 167 g/mol. The van der Waals surface area contributed by atoms with Gasteiger partial charge in [0.2, 0.25) is 0 Å². The van der Waals surface area contributed by atoms with Gasteiger partial charge in [0.1, 0.15) is 0 Å². The van der Waals surface area contributed by atoms with Crippen LogP contribution in [0.3, 0.4) is 0 Å². The molecule has 0 aromatic rings. The van der Waals surface area contributed by atoms with E-state index in [2.05, 4.69) is 33.0 Å². The Hall–Kier alpha value is -0.0400. The zero-order chi connectivity index (χ0) is 8.98. The molecule has 70 valence electrons. The molecule has 0 aromatic heterocycles. The molecule has 4 atom stereocenters. The molecule has 2 fully saturated rings. The average molecular weight is 167 g/mol. The lowest BCUT2D eigenvalue weighted by Gasteiger charge is -2.38. The van der Waals surface area contributed by atoms with Crippen LogP contribution in [0.2, 0.25) is 0 Å². The van der Waals surface area contributed by atoms with E-state index in [9.17, 15) is 0 Å². The normalized spacial score (nSPS) is 59.0. The summed E-state index contributed by atoms with van der Waals surface area (Å²) in [6, 6.07) is 0.715. The third kappa shape index (κ3) is 1.10. The van der Waals surface area contributed by atoms with Crippen molar-refractivity contribution in [2.45, 2.75) is 58.5 Å². The van der Waals surface area contributed by atoms with E-state index in [4.69, 9.17) is 0 Å². The molecule has 1 nitrogen and oxygen atoms in total. The molecule has 0 spiro atoms. The van der Waals surface area contributed by atoms with E-state index < -0.39 is 0 Å². The third-order valence-electron chi connectivity index (χ3n) is 4.02. The van der Waals surface area contributed by atoms with Crippen LogP contribution in [0.1, 0.15) is 47.0 Å². The van der Waals surface area contributed by atoms with Gasteiger partial charge in [-0.05, 0) is 44.4 Å². The second-order valence-corrected chi connectivity index (χ2v) is 5.77. The van der Waals surface area contributed by atoms with Gasteiger partial charge in [-0.2, -0.15) is 0 Å². The predicted molar refractivity (Wildman–Crippen MR) is 52.1 cm³/mol. The summed E-state index contributed by atoms with van der Waals surface area (Å²) in [5, 5.41) is 3.76. The van der Waals surface area contributed by atoms with Crippen molar-refractivity contribution < 1.29 is 0 Å². The van der Waals surface area contributed by atoms with Crippen LogP contribution in [-0.2, 0) is 0 Å². The highest BCUT2D eigenvalue weighted by molar-refractivity contribution is 5.08. The Balaban J connectivity index is 2.27. The quantitative estimate of drug-likeness (QED) is 0.584. The van der Waals surface area contributed by atoms with E-state index in [0.717, 1.165) is 5.92 Å². The van der Waals surface area contributed by atoms with Crippen LogP contribution >= 0.6 is 0 Å². The summed E-state index contributed by atoms with van der Waals surface area (Å²) >= 11 is 0. The van der Waals surface area contributed by atoms with Crippen molar-refractivity contribution in [1.82, 2.24) is 5.32 Å². The molecule has 0 aromatic carbocycles. The number of rotatable bonds is 0. The minimum Gasteiger partial charge on any atom is -0.308 e. The molecule has 1 heterocycles. The third-order valence-corrected chi connectivity index (χ3v) is 4.02. The summed E-state index contributed by atoms with van der Waals surface area (Å²) in [4.78, 5) is 0. The number of hydrogen-bond acceptors (Lipinski definition) is 1. The minimum absolute atomic E-state index is 0.450. The molecular formula is C11H21N. The van der Waals surface area contributed by atoms with Gasteiger partial charge in [0.15, 0.2) is 0 Å². The van der Waals surface area contributed by atoms with Gasteiger partial charge in [-0.3, -0.25) is 0 Å². The molecule has 0 amide bonds. The molecule has 2 bridgehead atoms. The Bertz CT molecular complexity index is 201. The molecular weight excluding hydrogens is 146 g/mol. The SMILES string of the molecule is CC1CC2(C)CC(C)(C1)C(C)N2. The van der Waals surface area contributed by atoms with E-state index >= 15 is 0 Å². The van der Waals surface area contributed by atoms with Crippen molar-refractivity contribution >= 4 is 0 Å². The summed E-state index contributed by atoms with van der Waals surface area (Å²) < 4.78 is 0. The van der Waals surface area contributed by atoms with Crippen LogP contribution in [0.15, 0.2) is 0 Å². The molecule has 1 saturated heterocycles. The van der Waals surface area contributed by atoms with E-state index in [1.807, 2.05) is 0 Å². The topological polar surface area (TPSA) is 12.0 Å². The molecule has 1 saturated carbocycles. The van der Waals surface area contributed by atoms with Crippen LogP contribution in [0, 0.1) is 11.3 Å². The van der Waals surface area contributed by atoms with Gasteiger partial charge in [0.25, 0.3) is 0 Å². The van der Waals surface area contributed by atoms with Crippen molar-refractivity contribution in [2.24, 2.45) is 11.3 Å². The van der Waals surface area contributed by atoms with E-state index in [1.54, 1.807) is 0 Å². The summed E-state index contributed by atoms with van der Waals surface area (Å²) in [5.74, 6) is 0.909. The second-order valence-electron chi connectivity index (χ2n) is 5.77. The second kappa shape index (κ2) is 2.25. The van der Waals surface area contributed by atoms with Gasteiger partial charge in [-0.1, -0.05) is 13.8 Å². The maximum absolute atomic E-state index is 3.76. The van der Waals surface area contributed by atoms with Gasteiger partial charge in [0.05, 0.1) is 0 Å². The largest absolute Gasteiger partial charge is 0.308 e. The van der Waals surface area contributed by atoms with Crippen LogP contribution in [-0.4, -0.2) is 11.6 Å². The fraction of sp³-hybridized carbons (Fsp3) is 1.00. The highest BCUT2D eigenvalue weighted by Gasteiger charge is 2.51. The molecule has 4 unspecified atom stereocenters. The standard InChI is InChI=1S/C11H21N/c1-8-5-10(3)7-11(4,6-8)12-9(10)2/h8-9,12H,5-7H2,1-4H3. The molecule has 2 aliphatic rings. The fourth-order valence-corrected chi connectivity index (χ4v) is 3.81. The zero-order valence-corrected chi connectivity index (χ0v) is 8.78. The Kier molecular flexibility index (Phi) is 1.61. The first kappa shape index (κ1) is 8.55. The average Bonchev–Trinajstić information content (AvgIpc) is 1.96. The highest BCUT2D eigenvalue weighted by Crippen LogP contribution is 2.51. The summed E-state index contributed by atoms with van der Waals surface area (Å²) in [7, 11) is 0. The first-order chi connectivity index (χ1) is 5.44. The molecule has 0 radical (unpaired) electrons. The van der Waals surface area contributed by atoms with Crippen LogP contribution in [0.5, 0.6) is 0 Å². The molecule has 1 aliphatic heterocycles. The minimum atomic E-state index is 0.450. The summed E-state index contributed by atoms with van der Waals surface area (Å²) in [5.41, 5.74) is 1.03.